The van der Waals surface area contributed by atoms with Gasteiger partial charge in [-0.1, -0.05) is 25.1 Å². The molecule has 1 atom stereocenters. The van der Waals surface area contributed by atoms with E-state index in [0.29, 0.717) is 6.61 Å². The Morgan fingerprint density at radius 2 is 2.00 bits per heavy atom. The van der Waals surface area contributed by atoms with Crippen LogP contribution in [0.25, 0.3) is 0 Å². The maximum absolute atomic E-state index is 11.6. The number of hydrogen-bond donors (Lipinski definition) is 0. The second-order valence-electron chi connectivity index (χ2n) is 4.33. The predicted octanol–water partition coefficient (Wildman–Crippen LogP) is 3.09. The number of hydrogen-bond acceptors (Lipinski definition) is 3. The number of rotatable bonds is 6. The SMILES string of the molecule is C=C[C@](C)(CC(=O)OCC)c1ccc(OC)cc1. The molecule has 0 spiro atoms. The normalized spacial score (nSPS) is 13.5. The highest BCUT2D eigenvalue weighted by molar-refractivity contribution is 5.72. The van der Waals surface area contributed by atoms with Crippen molar-refractivity contribution in [1.29, 1.82) is 0 Å². The van der Waals surface area contributed by atoms with Gasteiger partial charge in [0.2, 0.25) is 0 Å². The summed E-state index contributed by atoms with van der Waals surface area (Å²) in [6, 6.07) is 7.64. The molecule has 18 heavy (non-hydrogen) atoms. The van der Waals surface area contributed by atoms with Crippen LogP contribution < -0.4 is 4.74 Å². The van der Waals surface area contributed by atoms with Gasteiger partial charge in [-0.25, -0.2) is 0 Å². The average molecular weight is 248 g/mol. The fraction of sp³-hybridized carbons (Fsp3) is 0.400. The summed E-state index contributed by atoms with van der Waals surface area (Å²) in [6.45, 7) is 8.00. The molecule has 0 fully saturated rings. The van der Waals surface area contributed by atoms with E-state index >= 15 is 0 Å². The first-order valence-corrected chi connectivity index (χ1v) is 5.99. The fourth-order valence-corrected chi connectivity index (χ4v) is 1.78. The third-order valence-electron chi connectivity index (χ3n) is 3.02. The van der Waals surface area contributed by atoms with Crippen molar-refractivity contribution in [2.45, 2.75) is 25.7 Å². The molecule has 0 saturated heterocycles. The Morgan fingerprint density at radius 3 is 2.44 bits per heavy atom. The van der Waals surface area contributed by atoms with E-state index in [4.69, 9.17) is 9.47 Å². The summed E-state index contributed by atoms with van der Waals surface area (Å²) >= 11 is 0. The van der Waals surface area contributed by atoms with Gasteiger partial charge in [0.05, 0.1) is 20.1 Å². The molecule has 1 rings (SSSR count). The monoisotopic (exact) mass is 248 g/mol. The number of benzene rings is 1. The Morgan fingerprint density at radius 1 is 1.39 bits per heavy atom. The van der Waals surface area contributed by atoms with Crippen LogP contribution in [0.5, 0.6) is 5.75 Å². The first kappa shape index (κ1) is 14.3. The lowest BCUT2D eigenvalue weighted by Crippen LogP contribution is -2.24. The molecule has 1 aromatic carbocycles. The molecule has 0 saturated carbocycles. The lowest BCUT2D eigenvalue weighted by molar-refractivity contribution is -0.144. The smallest absolute Gasteiger partial charge is 0.306 e. The van der Waals surface area contributed by atoms with Crippen LogP contribution >= 0.6 is 0 Å². The van der Waals surface area contributed by atoms with Gasteiger partial charge in [0, 0.05) is 5.41 Å². The maximum atomic E-state index is 11.6. The minimum Gasteiger partial charge on any atom is -0.497 e. The second-order valence-corrected chi connectivity index (χ2v) is 4.33. The van der Waals surface area contributed by atoms with E-state index in [1.54, 1.807) is 20.1 Å². The molecular formula is C15H20O3. The topological polar surface area (TPSA) is 35.5 Å². The quantitative estimate of drug-likeness (QED) is 0.573. The highest BCUT2D eigenvalue weighted by Gasteiger charge is 2.27. The highest BCUT2D eigenvalue weighted by Crippen LogP contribution is 2.30. The average Bonchev–Trinajstić information content (AvgIpc) is 2.39. The van der Waals surface area contributed by atoms with E-state index in [2.05, 4.69) is 6.58 Å². The summed E-state index contributed by atoms with van der Waals surface area (Å²) in [5.41, 5.74) is 0.602. The second kappa shape index (κ2) is 6.24. The lowest BCUT2D eigenvalue weighted by atomic mass is 9.79. The van der Waals surface area contributed by atoms with Crippen LogP contribution in [0.15, 0.2) is 36.9 Å². The molecule has 98 valence electrons. The third-order valence-corrected chi connectivity index (χ3v) is 3.02. The zero-order chi connectivity index (χ0) is 13.6. The zero-order valence-corrected chi connectivity index (χ0v) is 11.2. The molecule has 0 aliphatic carbocycles. The summed E-state index contributed by atoms with van der Waals surface area (Å²) in [4.78, 5) is 11.6. The van der Waals surface area contributed by atoms with Crippen molar-refractivity contribution in [3.8, 4) is 5.75 Å². The van der Waals surface area contributed by atoms with Gasteiger partial charge in [-0.05, 0) is 24.6 Å². The number of allylic oxidation sites excluding steroid dienone is 1. The minimum atomic E-state index is -0.418. The molecule has 0 heterocycles. The van der Waals surface area contributed by atoms with E-state index in [9.17, 15) is 4.79 Å². The van der Waals surface area contributed by atoms with Crippen molar-refractivity contribution in [1.82, 2.24) is 0 Å². The fourth-order valence-electron chi connectivity index (χ4n) is 1.78. The molecule has 0 aliphatic heterocycles. The Labute approximate surface area is 108 Å². The number of carbonyl (C=O) groups excluding carboxylic acids is 1. The lowest BCUT2D eigenvalue weighted by Gasteiger charge is -2.25. The Balaban J connectivity index is 2.91. The molecule has 0 radical (unpaired) electrons. The van der Waals surface area contributed by atoms with E-state index in [1.165, 1.54) is 0 Å². The van der Waals surface area contributed by atoms with Crippen LogP contribution in [-0.4, -0.2) is 19.7 Å². The van der Waals surface area contributed by atoms with Crippen molar-refractivity contribution in [2.24, 2.45) is 0 Å². The van der Waals surface area contributed by atoms with E-state index in [1.807, 2.05) is 31.2 Å². The Hall–Kier alpha value is -1.77. The van der Waals surface area contributed by atoms with Crippen molar-refractivity contribution in [3.63, 3.8) is 0 Å². The van der Waals surface area contributed by atoms with Gasteiger partial charge in [0.25, 0.3) is 0 Å². The van der Waals surface area contributed by atoms with Crippen molar-refractivity contribution in [3.05, 3.63) is 42.5 Å². The van der Waals surface area contributed by atoms with Gasteiger partial charge < -0.3 is 9.47 Å². The summed E-state index contributed by atoms with van der Waals surface area (Å²) in [5, 5.41) is 0. The van der Waals surface area contributed by atoms with Crippen molar-refractivity contribution >= 4 is 5.97 Å². The third kappa shape index (κ3) is 3.36. The largest absolute Gasteiger partial charge is 0.497 e. The first-order chi connectivity index (χ1) is 8.55. The number of carbonyl (C=O) groups is 1. The summed E-state index contributed by atoms with van der Waals surface area (Å²) in [5.74, 6) is 0.581. The minimum absolute atomic E-state index is 0.212. The Bertz CT molecular complexity index is 408. The molecule has 1 aromatic rings. The first-order valence-electron chi connectivity index (χ1n) is 5.99. The van der Waals surface area contributed by atoms with Gasteiger partial charge in [0.15, 0.2) is 0 Å². The van der Waals surface area contributed by atoms with E-state index < -0.39 is 5.41 Å². The molecule has 3 heteroatoms. The van der Waals surface area contributed by atoms with Gasteiger partial charge in [-0.15, -0.1) is 6.58 Å². The molecule has 0 amide bonds. The predicted molar refractivity (Wildman–Crippen MR) is 71.8 cm³/mol. The number of esters is 1. The molecular weight excluding hydrogens is 228 g/mol. The van der Waals surface area contributed by atoms with Crippen LogP contribution in [0.4, 0.5) is 0 Å². The van der Waals surface area contributed by atoms with Crippen LogP contribution in [0, 0.1) is 0 Å². The zero-order valence-electron chi connectivity index (χ0n) is 11.2. The van der Waals surface area contributed by atoms with Crippen LogP contribution in [-0.2, 0) is 14.9 Å². The summed E-state index contributed by atoms with van der Waals surface area (Å²) < 4.78 is 10.1. The molecule has 0 aromatic heterocycles. The van der Waals surface area contributed by atoms with Gasteiger partial charge in [0.1, 0.15) is 5.75 Å². The molecule has 0 N–H and O–H groups in total. The molecule has 0 bridgehead atoms. The Kier molecular flexibility index (Phi) is 4.95. The van der Waals surface area contributed by atoms with Gasteiger partial charge in [-0.2, -0.15) is 0 Å². The summed E-state index contributed by atoms with van der Waals surface area (Å²) in [7, 11) is 1.63. The molecule has 3 nitrogen and oxygen atoms in total. The van der Waals surface area contributed by atoms with Gasteiger partial charge >= 0.3 is 5.97 Å². The van der Waals surface area contributed by atoms with E-state index in [0.717, 1.165) is 11.3 Å². The standard InChI is InChI=1S/C15H20O3/c1-5-15(3,11-14(16)18-6-2)12-7-9-13(17-4)10-8-12/h5,7-10H,1,6,11H2,2-4H3/t15-/m1/s1. The van der Waals surface area contributed by atoms with Crippen LogP contribution in [0.3, 0.4) is 0 Å². The molecule has 0 aliphatic rings. The highest BCUT2D eigenvalue weighted by atomic mass is 16.5. The van der Waals surface area contributed by atoms with Crippen LogP contribution in [0.2, 0.25) is 0 Å². The summed E-state index contributed by atoms with van der Waals surface area (Å²) in [6.07, 6.45) is 2.07. The number of ether oxygens (including phenoxy) is 2. The van der Waals surface area contributed by atoms with Crippen molar-refractivity contribution in [2.75, 3.05) is 13.7 Å². The van der Waals surface area contributed by atoms with E-state index in [-0.39, 0.29) is 12.4 Å². The van der Waals surface area contributed by atoms with Crippen molar-refractivity contribution < 1.29 is 14.3 Å². The maximum Gasteiger partial charge on any atom is 0.306 e. The van der Waals surface area contributed by atoms with Crippen LogP contribution in [0.1, 0.15) is 25.8 Å². The van der Waals surface area contributed by atoms with Gasteiger partial charge in [-0.3, -0.25) is 4.79 Å². The molecule has 0 unspecified atom stereocenters. The number of methoxy groups -OCH3 is 1.